The van der Waals surface area contributed by atoms with E-state index in [2.05, 4.69) is 22.1 Å². The van der Waals surface area contributed by atoms with Crippen LogP contribution in [0.3, 0.4) is 0 Å². The number of benzene rings is 1. The Hall–Kier alpha value is -3.65. The van der Waals surface area contributed by atoms with Gasteiger partial charge in [0.25, 0.3) is 5.91 Å². The average Bonchev–Trinajstić information content (AvgIpc) is 2.91. The fraction of sp³-hybridized carbons (Fsp3) is 0.174. The van der Waals surface area contributed by atoms with E-state index in [0.717, 1.165) is 11.1 Å². The van der Waals surface area contributed by atoms with Gasteiger partial charge in [-0.25, -0.2) is 0 Å². The molecule has 2 aromatic rings. The highest BCUT2D eigenvalue weighted by atomic mass is 16.5. The Bertz CT molecular complexity index is 1040. The van der Waals surface area contributed by atoms with Crippen molar-refractivity contribution in [3.05, 3.63) is 82.9 Å². The molecule has 0 spiro atoms. The third-order valence-corrected chi connectivity index (χ3v) is 4.25. The number of nitrogens with one attached hydrogen (secondary N) is 1. The van der Waals surface area contributed by atoms with Gasteiger partial charge in [-0.15, -0.1) is 0 Å². The number of allylic oxidation sites excluding steroid dienone is 2. The van der Waals surface area contributed by atoms with E-state index < -0.39 is 0 Å². The highest BCUT2D eigenvalue weighted by molar-refractivity contribution is 6.04. The molecule has 1 aliphatic rings. The molecule has 28 heavy (non-hydrogen) atoms. The topological polar surface area (TPSA) is 68.3 Å². The van der Waals surface area contributed by atoms with Crippen LogP contribution < -0.4 is 5.32 Å². The van der Waals surface area contributed by atoms with Crippen molar-refractivity contribution in [1.29, 1.82) is 0 Å². The zero-order chi connectivity index (χ0) is 19.9. The molecule has 1 aliphatic heterocycles. The van der Waals surface area contributed by atoms with Gasteiger partial charge in [-0.3, -0.25) is 14.6 Å². The first-order valence-electron chi connectivity index (χ1n) is 8.90. The zero-order valence-electron chi connectivity index (χ0n) is 15.8. The Morgan fingerprint density at radius 2 is 1.96 bits per heavy atom. The second kappa shape index (κ2) is 8.83. The van der Waals surface area contributed by atoms with Gasteiger partial charge in [0, 0.05) is 46.8 Å². The van der Waals surface area contributed by atoms with Gasteiger partial charge in [-0.05, 0) is 49.8 Å². The number of ether oxygens (including phenoxy) is 1. The number of nitrogens with zero attached hydrogens (tertiary/aromatic N) is 1. The van der Waals surface area contributed by atoms with E-state index in [1.165, 1.54) is 13.1 Å². The first kappa shape index (κ1) is 19.1. The maximum Gasteiger partial charge on any atom is 0.251 e. The standard InChI is InChI=1S/C23H20N2O3/c1-16-8-10-28-11-9-22(16)23(27)25-21-5-3-4-18(13-21)6-7-19-12-20(17(2)26)15-24-14-19/h3-5,8,10,12-15H,9,11H2,1-2H3,(H,25,27). The zero-order valence-corrected chi connectivity index (χ0v) is 15.8. The van der Waals surface area contributed by atoms with E-state index in [0.29, 0.717) is 35.4 Å². The Morgan fingerprint density at radius 3 is 2.79 bits per heavy atom. The van der Waals surface area contributed by atoms with Crippen molar-refractivity contribution in [2.24, 2.45) is 0 Å². The summed E-state index contributed by atoms with van der Waals surface area (Å²) in [7, 11) is 0. The molecule has 0 bridgehead atoms. The SMILES string of the molecule is CC(=O)c1cncc(C#Cc2cccc(NC(=O)C3=C(C)C=COCC3)c2)c1. The molecular formula is C23H20N2O3. The third-order valence-electron chi connectivity index (χ3n) is 4.25. The minimum Gasteiger partial charge on any atom is -0.501 e. The number of Topliss-reactive ketones (excluding diaryl/α,β-unsaturated/α-hetero) is 1. The molecule has 1 aromatic carbocycles. The molecule has 5 nitrogen and oxygen atoms in total. The molecule has 2 heterocycles. The molecule has 0 unspecified atom stereocenters. The molecule has 0 atom stereocenters. The molecule has 0 saturated carbocycles. The predicted molar refractivity (Wildman–Crippen MR) is 108 cm³/mol. The van der Waals surface area contributed by atoms with Crippen LogP contribution in [-0.2, 0) is 9.53 Å². The van der Waals surface area contributed by atoms with Crippen LogP contribution in [0, 0.1) is 11.8 Å². The minimum atomic E-state index is -0.142. The van der Waals surface area contributed by atoms with Crippen LogP contribution in [0.2, 0.25) is 0 Å². The molecule has 0 aliphatic carbocycles. The second-order valence-electron chi connectivity index (χ2n) is 6.39. The van der Waals surface area contributed by atoms with Crippen molar-refractivity contribution in [1.82, 2.24) is 4.98 Å². The summed E-state index contributed by atoms with van der Waals surface area (Å²) in [5.74, 6) is 5.85. The van der Waals surface area contributed by atoms with Crippen LogP contribution in [0.4, 0.5) is 5.69 Å². The number of ketones is 1. The number of pyridine rings is 1. The summed E-state index contributed by atoms with van der Waals surface area (Å²) in [4.78, 5) is 28.1. The van der Waals surface area contributed by atoms with Gasteiger partial charge in [0.1, 0.15) is 0 Å². The van der Waals surface area contributed by atoms with E-state index in [-0.39, 0.29) is 11.7 Å². The molecule has 1 amide bonds. The van der Waals surface area contributed by atoms with Crippen molar-refractivity contribution < 1.29 is 14.3 Å². The molecular weight excluding hydrogens is 352 g/mol. The van der Waals surface area contributed by atoms with Crippen molar-refractivity contribution in [2.45, 2.75) is 20.3 Å². The summed E-state index contributed by atoms with van der Waals surface area (Å²) >= 11 is 0. The van der Waals surface area contributed by atoms with Crippen molar-refractivity contribution in [2.75, 3.05) is 11.9 Å². The smallest absolute Gasteiger partial charge is 0.251 e. The molecule has 0 fully saturated rings. The maximum absolute atomic E-state index is 12.6. The van der Waals surface area contributed by atoms with Crippen LogP contribution in [0.5, 0.6) is 0 Å². The van der Waals surface area contributed by atoms with Crippen LogP contribution in [0.15, 0.2) is 66.2 Å². The molecule has 1 N–H and O–H groups in total. The molecule has 0 saturated heterocycles. The Morgan fingerprint density at radius 1 is 1.14 bits per heavy atom. The lowest BCUT2D eigenvalue weighted by atomic mass is 10.1. The van der Waals surface area contributed by atoms with Gasteiger partial charge in [-0.1, -0.05) is 17.9 Å². The van der Waals surface area contributed by atoms with Gasteiger partial charge < -0.3 is 10.1 Å². The van der Waals surface area contributed by atoms with Crippen molar-refractivity contribution >= 4 is 17.4 Å². The maximum atomic E-state index is 12.6. The number of rotatable bonds is 3. The van der Waals surface area contributed by atoms with E-state index in [4.69, 9.17) is 4.74 Å². The lowest BCUT2D eigenvalue weighted by Gasteiger charge is -2.09. The largest absolute Gasteiger partial charge is 0.501 e. The monoisotopic (exact) mass is 372 g/mol. The summed E-state index contributed by atoms with van der Waals surface area (Å²) in [5, 5.41) is 2.92. The van der Waals surface area contributed by atoms with Crippen molar-refractivity contribution in [3.8, 4) is 11.8 Å². The van der Waals surface area contributed by atoms with Gasteiger partial charge in [-0.2, -0.15) is 0 Å². The van der Waals surface area contributed by atoms with Crippen LogP contribution >= 0.6 is 0 Å². The summed E-state index contributed by atoms with van der Waals surface area (Å²) in [6, 6.07) is 9.04. The van der Waals surface area contributed by atoms with Gasteiger partial charge >= 0.3 is 0 Å². The number of amides is 1. The van der Waals surface area contributed by atoms with Crippen LogP contribution in [0.25, 0.3) is 0 Å². The van der Waals surface area contributed by atoms with Crippen molar-refractivity contribution in [3.63, 3.8) is 0 Å². The fourth-order valence-corrected chi connectivity index (χ4v) is 2.70. The summed E-state index contributed by atoms with van der Waals surface area (Å²) in [6.45, 7) is 3.87. The summed E-state index contributed by atoms with van der Waals surface area (Å²) in [5.41, 5.74) is 4.20. The lowest BCUT2D eigenvalue weighted by Crippen LogP contribution is -2.16. The molecule has 3 rings (SSSR count). The van der Waals surface area contributed by atoms with Gasteiger partial charge in [0.2, 0.25) is 0 Å². The first-order valence-corrected chi connectivity index (χ1v) is 8.90. The predicted octanol–water partition coefficient (Wildman–Crippen LogP) is 3.87. The normalized spacial score (nSPS) is 13.1. The number of carbonyl (C=O) groups excluding carboxylic acids is 2. The summed E-state index contributed by atoms with van der Waals surface area (Å²) in [6.07, 6.45) is 7.11. The Balaban J connectivity index is 1.76. The number of anilines is 1. The summed E-state index contributed by atoms with van der Waals surface area (Å²) < 4.78 is 5.27. The van der Waals surface area contributed by atoms with Crippen LogP contribution in [0.1, 0.15) is 41.8 Å². The first-order chi connectivity index (χ1) is 13.5. The minimum absolute atomic E-state index is 0.0517. The average molecular weight is 372 g/mol. The number of aromatic nitrogens is 1. The fourth-order valence-electron chi connectivity index (χ4n) is 2.70. The lowest BCUT2D eigenvalue weighted by molar-refractivity contribution is -0.113. The van der Waals surface area contributed by atoms with E-state index in [1.54, 1.807) is 24.6 Å². The third kappa shape index (κ3) is 4.95. The second-order valence-corrected chi connectivity index (χ2v) is 6.39. The molecule has 0 radical (unpaired) electrons. The van der Waals surface area contributed by atoms with Crippen LogP contribution in [-0.4, -0.2) is 23.3 Å². The number of hydrogen-bond donors (Lipinski definition) is 1. The quantitative estimate of drug-likeness (QED) is 0.656. The molecule has 5 heteroatoms. The highest BCUT2D eigenvalue weighted by Gasteiger charge is 2.14. The molecule has 1 aromatic heterocycles. The number of carbonyl (C=O) groups is 2. The van der Waals surface area contributed by atoms with E-state index in [9.17, 15) is 9.59 Å². The van der Waals surface area contributed by atoms with Gasteiger partial charge in [0.05, 0.1) is 12.9 Å². The number of hydrogen-bond acceptors (Lipinski definition) is 4. The van der Waals surface area contributed by atoms with E-state index >= 15 is 0 Å². The Labute approximate surface area is 164 Å². The highest BCUT2D eigenvalue weighted by Crippen LogP contribution is 2.18. The van der Waals surface area contributed by atoms with E-state index in [1.807, 2.05) is 31.2 Å². The Kier molecular flexibility index (Phi) is 6.03. The van der Waals surface area contributed by atoms with Gasteiger partial charge in [0.15, 0.2) is 5.78 Å². The molecule has 140 valence electrons.